The predicted octanol–water partition coefficient (Wildman–Crippen LogP) is 6.37. The van der Waals surface area contributed by atoms with E-state index < -0.39 is 0 Å². The number of fused-ring (bicyclic) bond motifs is 1. The SMILES string of the molecule is COc1ccccc1-n1cc(-c2ccccc2)c2c(N3CCN(C(=O)c4ccc(Cl)cc4Cl)CC3)ncnc21. The van der Waals surface area contributed by atoms with E-state index in [9.17, 15) is 4.79 Å². The van der Waals surface area contributed by atoms with Crippen LogP contribution in [-0.2, 0) is 0 Å². The monoisotopic (exact) mass is 557 g/mol. The smallest absolute Gasteiger partial charge is 0.255 e. The van der Waals surface area contributed by atoms with Crippen LogP contribution in [0.25, 0.3) is 27.8 Å². The number of halogens is 2. The molecule has 0 bridgehead atoms. The van der Waals surface area contributed by atoms with Crippen molar-refractivity contribution in [3.63, 3.8) is 0 Å². The number of piperazine rings is 1. The summed E-state index contributed by atoms with van der Waals surface area (Å²) in [7, 11) is 1.67. The minimum absolute atomic E-state index is 0.101. The maximum atomic E-state index is 13.2. The molecule has 1 aliphatic rings. The molecule has 7 nitrogen and oxygen atoms in total. The molecule has 1 fully saturated rings. The summed E-state index contributed by atoms with van der Waals surface area (Å²) in [5.74, 6) is 1.49. The maximum Gasteiger partial charge on any atom is 0.255 e. The van der Waals surface area contributed by atoms with Gasteiger partial charge in [-0.3, -0.25) is 9.36 Å². The Morgan fingerprint density at radius 2 is 1.64 bits per heavy atom. The normalized spacial score (nSPS) is 13.6. The number of aromatic nitrogens is 3. The van der Waals surface area contributed by atoms with E-state index in [2.05, 4.69) is 27.8 Å². The number of ether oxygens (including phenoxy) is 1. The van der Waals surface area contributed by atoms with Crippen molar-refractivity contribution >= 4 is 46.0 Å². The summed E-state index contributed by atoms with van der Waals surface area (Å²) < 4.78 is 7.73. The first-order valence-corrected chi connectivity index (χ1v) is 13.3. The topological polar surface area (TPSA) is 63.5 Å². The number of para-hydroxylation sites is 2. The van der Waals surface area contributed by atoms with Crippen LogP contribution >= 0.6 is 23.2 Å². The maximum absolute atomic E-state index is 13.2. The van der Waals surface area contributed by atoms with E-state index in [-0.39, 0.29) is 5.91 Å². The van der Waals surface area contributed by atoms with Gasteiger partial charge in [-0.1, -0.05) is 65.7 Å². The number of benzene rings is 3. The Kier molecular flexibility index (Phi) is 6.85. The third kappa shape index (κ3) is 4.68. The molecule has 196 valence electrons. The van der Waals surface area contributed by atoms with E-state index in [1.54, 1.807) is 31.6 Å². The highest BCUT2D eigenvalue weighted by Gasteiger charge is 2.27. The lowest BCUT2D eigenvalue weighted by atomic mass is 10.1. The molecule has 1 saturated heterocycles. The number of nitrogens with zero attached hydrogens (tertiary/aromatic N) is 5. The van der Waals surface area contributed by atoms with E-state index in [0.717, 1.165) is 39.4 Å². The molecule has 0 N–H and O–H groups in total. The molecule has 1 amide bonds. The molecule has 9 heteroatoms. The summed E-state index contributed by atoms with van der Waals surface area (Å²) in [6.45, 7) is 2.32. The molecule has 5 aromatic rings. The van der Waals surface area contributed by atoms with Gasteiger partial charge in [-0.05, 0) is 35.9 Å². The van der Waals surface area contributed by atoms with Crippen molar-refractivity contribution in [3.05, 3.63) is 101 Å². The van der Waals surface area contributed by atoms with Gasteiger partial charge in [0.1, 0.15) is 17.9 Å². The van der Waals surface area contributed by atoms with Crippen molar-refractivity contribution in [2.45, 2.75) is 0 Å². The molecule has 0 atom stereocenters. The summed E-state index contributed by atoms with van der Waals surface area (Å²) >= 11 is 12.3. The van der Waals surface area contributed by atoms with E-state index in [4.69, 9.17) is 37.9 Å². The zero-order valence-corrected chi connectivity index (χ0v) is 22.7. The van der Waals surface area contributed by atoms with E-state index in [0.29, 0.717) is 41.8 Å². The molecule has 1 aliphatic heterocycles. The van der Waals surface area contributed by atoms with Crippen LogP contribution in [0.4, 0.5) is 5.82 Å². The van der Waals surface area contributed by atoms with E-state index in [1.165, 1.54) is 0 Å². The summed E-state index contributed by atoms with van der Waals surface area (Å²) in [6, 6.07) is 23.1. The quantitative estimate of drug-likeness (QED) is 0.251. The highest BCUT2D eigenvalue weighted by molar-refractivity contribution is 6.36. The van der Waals surface area contributed by atoms with Crippen LogP contribution in [0.5, 0.6) is 5.75 Å². The van der Waals surface area contributed by atoms with Crippen LogP contribution in [-0.4, -0.2) is 58.6 Å². The van der Waals surface area contributed by atoms with Crippen LogP contribution in [0.15, 0.2) is 85.3 Å². The number of hydrogen-bond donors (Lipinski definition) is 0. The first kappa shape index (κ1) is 25.2. The van der Waals surface area contributed by atoms with Crippen molar-refractivity contribution < 1.29 is 9.53 Å². The van der Waals surface area contributed by atoms with Crippen LogP contribution in [0, 0.1) is 0 Å². The first-order valence-electron chi connectivity index (χ1n) is 12.6. The average molecular weight is 558 g/mol. The number of hydrogen-bond acceptors (Lipinski definition) is 5. The minimum Gasteiger partial charge on any atom is -0.495 e. The van der Waals surface area contributed by atoms with Crippen molar-refractivity contribution in [2.75, 3.05) is 38.2 Å². The van der Waals surface area contributed by atoms with Gasteiger partial charge in [0.15, 0.2) is 5.65 Å². The first-order chi connectivity index (χ1) is 19.0. The molecule has 39 heavy (non-hydrogen) atoms. The predicted molar refractivity (Wildman–Crippen MR) is 155 cm³/mol. The van der Waals surface area contributed by atoms with Crippen LogP contribution in [0.1, 0.15) is 10.4 Å². The Hall–Kier alpha value is -4.07. The molecule has 6 rings (SSSR count). The summed E-state index contributed by atoms with van der Waals surface area (Å²) in [5.41, 5.74) is 4.23. The second kappa shape index (κ2) is 10.6. The number of carbonyl (C=O) groups excluding carboxylic acids is 1. The van der Waals surface area contributed by atoms with Crippen molar-refractivity contribution in [1.82, 2.24) is 19.4 Å². The van der Waals surface area contributed by atoms with Gasteiger partial charge in [-0.2, -0.15) is 0 Å². The highest BCUT2D eigenvalue weighted by Crippen LogP contribution is 2.38. The number of anilines is 1. The fourth-order valence-electron chi connectivity index (χ4n) is 5.09. The van der Waals surface area contributed by atoms with Gasteiger partial charge in [0.2, 0.25) is 0 Å². The number of carbonyl (C=O) groups is 1. The van der Waals surface area contributed by atoms with Gasteiger partial charge in [-0.25, -0.2) is 9.97 Å². The van der Waals surface area contributed by atoms with Crippen LogP contribution in [0.2, 0.25) is 10.0 Å². The van der Waals surface area contributed by atoms with Crippen molar-refractivity contribution in [3.8, 4) is 22.6 Å². The molecule has 0 saturated carbocycles. The molecule has 3 heterocycles. The van der Waals surface area contributed by atoms with Gasteiger partial charge in [-0.15, -0.1) is 0 Å². The van der Waals surface area contributed by atoms with E-state index in [1.807, 2.05) is 47.4 Å². The van der Waals surface area contributed by atoms with E-state index >= 15 is 0 Å². The standard InChI is InChI=1S/C30H25Cl2N5O2/c1-39-26-10-6-5-9-25(26)37-18-23(20-7-3-2-4-8-20)27-28(33-19-34-29(27)37)35-13-15-36(16-14-35)30(38)22-12-11-21(31)17-24(22)32/h2-12,17-19H,13-16H2,1H3. The van der Waals surface area contributed by atoms with Gasteiger partial charge in [0, 0.05) is 43.0 Å². The minimum atomic E-state index is -0.101. The molecular formula is C30H25Cl2N5O2. The molecule has 0 radical (unpaired) electrons. The second-order valence-electron chi connectivity index (χ2n) is 9.25. The Balaban J connectivity index is 1.38. The fourth-order valence-corrected chi connectivity index (χ4v) is 5.58. The lowest BCUT2D eigenvalue weighted by molar-refractivity contribution is 0.0747. The molecular weight excluding hydrogens is 533 g/mol. The molecule has 0 aliphatic carbocycles. The van der Waals surface area contributed by atoms with Gasteiger partial charge in [0.05, 0.1) is 28.8 Å². The lowest BCUT2D eigenvalue weighted by Gasteiger charge is -2.36. The Morgan fingerprint density at radius 1 is 0.897 bits per heavy atom. The fraction of sp³-hybridized carbons (Fsp3) is 0.167. The molecule has 0 spiro atoms. The molecule has 3 aromatic carbocycles. The zero-order valence-electron chi connectivity index (χ0n) is 21.2. The van der Waals surface area contributed by atoms with Crippen molar-refractivity contribution in [1.29, 1.82) is 0 Å². The highest BCUT2D eigenvalue weighted by atomic mass is 35.5. The summed E-state index contributed by atoms with van der Waals surface area (Å²) in [4.78, 5) is 26.7. The second-order valence-corrected chi connectivity index (χ2v) is 10.1. The molecule has 0 unspecified atom stereocenters. The number of rotatable bonds is 5. The summed E-state index contributed by atoms with van der Waals surface area (Å²) in [6.07, 6.45) is 3.70. The Bertz CT molecular complexity index is 1660. The van der Waals surface area contributed by atoms with Crippen LogP contribution in [0.3, 0.4) is 0 Å². The van der Waals surface area contributed by atoms with Crippen molar-refractivity contribution in [2.24, 2.45) is 0 Å². The number of amides is 1. The Morgan fingerprint density at radius 3 is 2.38 bits per heavy atom. The van der Waals surface area contributed by atoms with Gasteiger partial charge < -0.3 is 14.5 Å². The number of methoxy groups -OCH3 is 1. The Labute approximate surface area is 236 Å². The van der Waals surface area contributed by atoms with Crippen LogP contribution < -0.4 is 9.64 Å². The molecule has 2 aromatic heterocycles. The third-order valence-electron chi connectivity index (χ3n) is 7.02. The summed E-state index contributed by atoms with van der Waals surface area (Å²) in [5, 5.41) is 1.82. The lowest BCUT2D eigenvalue weighted by Crippen LogP contribution is -2.49. The zero-order chi connectivity index (χ0) is 26.9. The third-order valence-corrected chi connectivity index (χ3v) is 7.57. The van der Waals surface area contributed by atoms with Gasteiger partial charge >= 0.3 is 0 Å². The van der Waals surface area contributed by atoms with Gasteiger partial charge in [0.25, 0.3) is 5.91 Å². The average Bonchev–Trinajstić information content (AvgIpc) is 3.37. The largest absolute Gasteiger partial charge is 0.495 e.